The van der Waals surface area contributed by atoms with E-state index >= 15 is 0 Å². The van der Waals surface area contributed by atoms with Gasteiger partial charge in [-0.2, -0.15) is 0 Å². The van der Waals surface area contributed by atoms with Crippen LogP contribution in [0.5, 0.6) is 0 Å². The minimum Gasteiger partial charge on any atom is -0.394 e. The summed E-state index contributed by atoms with van der Waals surface area (Å²) >= 11 is 0. The second kappa shape index (κ2) is 42.6. The molecular formula is C71H112N18O13. The van der Waals surface area contributed by atoms with E-state index in [4.69, 9.17) is 0 Å². The van der Waals surface area contributed by atoms with Crippen molar-refractivity contribution in [3.05, 3.63) is 90.5 Å². The smallest absolute Gasteiger partial charge is 0.245 e. The Morgan fingerprint density at radius 3 is 0.892 bits per heavy atom. The summed E-state index contributed by atoms with van der Waals surface area (Å²) < 4.78 is 0. The number of nitrogens with one attached hydrogen (secondary N) is 15. The molecule has 0 aliphatic rings. The van der Waals surface area contributed by atoms with Gasteiger partial charge in [0.1, 0.15) is 66.5 Å². The van der Waals surface area contributed by atoms with Gasteiger partial charge in [-0.05, 0) is 86.5 Å². The highest BCUT2D eigenvalue weighted by molar-refractivity contribution is 5.99. The highest BCUT2D eigenvalue weighted by Crippen LogP contribution is 2.17. The van der Waals surface area contributed by atoms with Crippen LogP contribution in [0.4, 0.5) is 0 Å². The van der Waals surface area contributed by atoms with E-state index in [2.05, 4.69) is 93.7 Å². The lowest BCUT2D eigenvalue weighted by Gasteiger charge is -2.29. The highest BCUT2D eigenvalue weighted by atomic mass is 16.3. The van der Waals surface area contributed by atoms with Crippen LogP contribution in [0.15, 0.2) is 67.9 Å². The summed E-state index contributed by atoms with van der Waals surface area (Å²) in [4.78, 5) is 190. The third kappa shape index (κ3) is 29.9. The average Bonchev–Trinajstić information content (AvgIpc) is 1.12. The lowest BCUT2D eigenvalue weighted by Crippen LogP contribution is -2.61. The van der Waals surface area contributed by atoms with Gasteiger partial charge in [0.05, 0.1) is 25.6 Å². The monoisotopic (exact) mass is 1420 g/mol. The molecule has 16 N–H and O–H groups in total. The fourth-order valence-electron chi connectivity index (χ4n) is 11.4. The van der Waals surface area contributed by atoms with Crippen LogP contribution < -0.4 is 63.8 Å². The Kier molecular flexibility index (Phi) is 35.5. The fourth-order valence-corrected chi connectivity index (χ4v) is 11.4. The van der Waals surface area contributed by atoms with E-state index in [1.54, 1.807) is 20.8 Å². The number of nitrogens with zero attached hydrogens (tertiary/aromatic N) is 3. The number of aliphatic hydroxyl groups is 1. The first-order valence-electron chi connectivity index (χ1n) is 35.3. The molecule has 0 fully saturated rings. The Hall–Kier alpha value is -9.55. The number of imidazole rings is 3. The molecule has 4 rings (SSSR count). The maximum Gasteiger partial charge on any atom is 0.245 e. The van der Waals surface area contributed by atoms with Crippen molar-refractivity contribution in [2.45, 2.75) is 228 Å². The molecule has 0 spiro atoms. The number of hydrogen-bond donors (Lipinski definition) is 16. The molecule has 3 aromatic heterocycles. The van der Waals surface area contributed by atoms with Crippen molar-refractivity contribution in [3.63, 3.8) is 0 Å². The number of hydrogen-bond acceptors (Lipinski definition) is 16. The minimum absolute atomic E-state index is 0.0117. The molecule has 31 heteroatoms. The first-order chi connectivity index (χ1) is 48.2. The van der Waals surface area contributed by atoms with Crippen LogP contribution in [0.3, 0.4) is 0 Å². The third-order valence-electron chi connectivity index (χ3n) is 16.5. The van der Waals surface area contributed by atoms with Crippen molar-refractivity contribution >= 4 is 70.9 Å². The van der Waals surface area contributed by atoms with Gasteiger partial charge in [0.25, 0.3) is 0 Å². The zero-order chi connectivity index (χ0) is 75.9. The van der Waals surface area contributed by atoms with Crippen LogP contribution in [0.1, 0.15) is 158 Å². The van der Waals surface area contributed by atoms with Crippen LogP contribution >= 0.6 is 0 Å². The molecule has 102 heavy (non-hydrogen) atoms. The number of amides is 12. The maximum atomic E-state index is 14.8. The van der Waals surface area contributed by atoms with Crippen molar-refractivity contribution in [1.82, 2.24) is 93.7 Å². The molecule has 1 aromatic carbocycles. The van der Waals surface area contributed by atoms with Gasteiger partial charge < -0.3 is 83.9 Å². The molecule has 0 radical (unpaired) electrons. The van der Waals surface area contributed by atoms with E-state index in [-0.39, 0.29) is 99.2 Å². The first-order valence-corrected chi connectivity index (χ1v) is 35.3. The molecule has 31 nitrogen and oxygen atoms in total. The Labute approximate surface area is 598 Å². The summed E-state index contributed by atoms with van der Waals surface area (Å²) in [5, 5.41) is 42.8. The number of likely N-dealkylation sites (N-methyl/N-ethyl adjacent to an activating group) is 1. The summed E-state index contributed by atoms with van der Waals surface area (Å²) in [7, 11) is 1.41. The minimum atomic E-state index is -1.55. The van der Waals surface area contributed by atoms with E-state index in [1.807, 2.05) is 99.6 Å². The van der Waals surface area contributed by atoms with Crippen molar-refractivity contribution in [1.29, 1.82) is 0 Å². The van der Waals surface area contributed by atoms with Gasteiger partial charge in [-0.1, -0.05) is 120 Å². The van der Waals surface area contributed by atoms with Crippen LogP contribution in [0.25, 0.3) is 0 Å². The van der Waals surface area contributed by atoms with Crippen molar-refractivity contribution in [3.8, 4) is 0 Å². The SMILES string of the molecule is CNC(=O)[C@H](CC(C)C)NC(=O)[C@H](CO)NC(=O)[C@H](Cc1cnc[nH]1)NC(=O)[C@H](CC(C)C)NC(=O)[C@H](CC(C)C)NC(=O)[C@H](Cc1cnc[nH]1)NC(=O)C(CC(C)C)NC(=O)[C@H](CC(C)C)NC(=O)[C@H](C)NC(=O)[C@H](Cc1cnc[nH]1)NC(=O)[C@H](Cc1ccccc1)NC(=O)[C@@H](C)CC(C)C. The Morgan fingerprint density at radius 2 is 0.588 bits per heavy atom. The van der Waals surface area contributed by atoms with Crippen LogP contribution in [-0.4, -0.2) is 186 Å². The van der Waals surface area contributed by atoms with Gasteiger partial charge in [-0.3, -0.25) is 57.5 Å². The van der Waals surface area contributed by atoms with Gasteiger partial charge in [-0.15, -0.1) is 0 Å². The van der Waals surface area contributed by atoms with E-state index in [0.717, 1.165) is 5.56 Å². The first kappa shape index (κ1) is 84.9. The standard InChI is InChI=1S/C71H112N18O13/c1-38(2)21-44(13)60(91)80-55(27-46-19-17-16-18-20-46)68(99)86-56(28-47-31-73-35-76-47)63(94)79-45(14)61(92)81-51(23-40(5)6)64(95)83-53(25-42(9)10)66(97)87-57(29-48-32-74-36-77-48)69(100)85-52(24-41(7)8)65(96)84-54(26-43(11)12)67(98)88-58(30-49-33-75-37-78-49)70(101)89-59(34-90)71(102)82-50(22-39(3)4)62(93)72-15/h16-20,31-33,35-45,50-59,90H,21-30,34H2,1-15H3,(H,72,93)(H,73,76)(H,74,77)(H,75,78)(H,79,94)(H,80,91)(H,81,92)(H,82,102)(H,83,95)(H,84,96)(H,85,100)(H,86,99)(H,87,97)(H,88,98)(H,89,101)/t44-,45-,50-,51-,52-,53?,54-,55-,56-,57-,58-,59-/m0/s1. The molecule has 0 bridgehead atoms. The van der Waals surface area contributed by atoms with E-state index in [0.29, 0.717) is 23.5 Å². The van der Waals surface area contributed by atoms with Crippen LogP contribution in [0.2, 0.25) is 0 Å². The predicted molar refractivity (Wildman–Crippen MR) is 381 cm³/mol. The second-order valence-electron chi connectivity index (χ2n) is 28.8. The molecule has 0 saturated heterocycles. The molecule has 0 saturated carbocycles. The van der Waals surface area contributed by atoms with E-state index in [9.17, 15) is 62.6 Å². The lowest BCUT2D eigenvalue weighted by molar-refractivity contribution is -0.136. The molecule has 0 aliphatic heterocycles. The molecular weight excluding hydrogens is 1310 g/mol. The van der Waals surface area contributed by atoms with Gasteiger partial charge in [0.15, 0.2) is 0 Å². The summed E-state index contributed by atoms with van der Waals surface area (Å²) in [6.45, 7) is 24.5. The largest absolute Gasteiger partial charge is 0.394 e. The number of aromatic amines is 3. The van der Waals surface area contributed by atoms with Gasteiger partial charge in [-0.25, -0.2) is 15.0 Å². The Bertz CT molecular complexity index is 3310. The van der Waals surface area contributed by atoms with Crippen molar-refractivity contribution in [2.24, 2.45) is 41.4 Å². The van der Waals surface area contributed by atoms with Gasteiger partial charge in [0, 0.05) is 74.3 Å². The van der Waals surface area contributed by atoms with Crippen molar-refractivity contribution < 1.29 is 62.6 Å². The molecule has 12 amide bonds. The summed E-state index contributed by atoms with van der Waals surface area (Å²) in [6, 6.07) is -5.12. The van der Waals surface area contributed by atoms with E-state index in [1.165, 1.54) is 51.5 Å². The zero-order valence-corrected chi connectivity index (χ0v) is 61.7. The zero-order valence-electron chi connectivity index (χ0n) is 61.7. The number of carbonyl (C=O) groups is 12. The lowest BCUT2D eigenvalue weighted by atomic mass is 9.97. The molecule has 1 unspecified atom stereocenters. The van der Waals surface area contributed by atoms with Crippen molar-refractivity contribution in [2.75, 3.05) is 13.7 Å². The normalized spacial score (nSPS) is 15.0. The second-order valence-corrected chi connectivity index (χ2v) is 28.8. The predicted octanol–water partition coefficient (Wildman–Crippen LogP) is 1.13. The fraction of sp³-hybridized carbons (Fsp3) is 0.620. The molecule has 0 aliphatic carbocycles. The molecule has 564 valence electrons. The third-order valence-corrected chi connectivity index (χ3v) is 16.5. The van der Waals surface area contributed by atoms with Crippen LogP contribution in [0, 0.1) is 41.4 Å². The number of rotatable bonds is 44. The topological polar surface area (TPSA) is 455 Å². The number of benzene rings is 1. The molecule has 4 aromatic rings. The summed E-state index contributed by atoms with van der Waals surface area (Å²) in [5.41, 5.74) is 2.06. The number of carbonyl (C=O) groups excluding carboxylic acids is 12. The quantitative estimate of drug-likeness (QED) is 0.0295. The number of H-pyrrole nitrogens is 3. The summed E-state index contributed by atoms with van der Waals surface area (Å²) in [5.74, 6) is -9.76. The number of aliphatic hydroxyl groups excluding tert-OH is 1. The highest BCUT2D eigenvalue weighted by Gasteiger charge is 2.38. The summed E-state index contributed by atoms with van der Waals surface area (Å²) in [6.07, 6.45) is 9.23. The van der Waals surface area contributed by atoms with Crippen LogP contribution in [-0.2, 0) is 83.2 Å². The van der Waals surface area contributed by atoms with Gasteiger partial charge in [0.2, 0.25) is 70.9 Å². The maximum absolute atomic E-state index is 14.8. The Balaban J connectivity index is 1.55. The number of aromatic nitrogens is 6. The molecule has 12 atom stereocenters. The van der Waals surface area contributed by atoms with E-state index < -0.39 is 144 Å². The molecule has 3 heterocycles. The van der Waals surface area contributed by atoms with Gasteiger partial charge >= 0.3 is 0 Å². The average molecular weight is 1430 g/mol. The Morgan fingerprint density at radius 1 is 0.324 bits per heavy atom.